The van der Waals surface area contributed by atoms with Gasteiger partial charge in [-0.25, -0.2) is 0 Å². The lowest BCUT2D eigenvalue weighted by Gasteiger charge is -2.24. The Labute approximate surface area is 115 Å². The number of amides is 1. The molecule has 1 aromatic carbocycles. The second-order valence-corrected chi connectivity index (χ2v) is 5.16. The van der Waals surface area contributed by atoms with E-state index in [0.29, 0.717) is 31.2 Å². The number of phenols is 1. The molecule has 19 heavy (non-hydrogen) atoms. The van der Waals surface area contributed by atoms with Crippen molar-refractivity contribution in [2.75, 3.05) is 26.8 Å². The lowest BCUT2D eigenvalue weighted by atomic mass is 10.1. The van der Waals surface area contributed by atoms with Gasteiger partial charge in [0.05, 0.1) is 12.2 Å². The zero-order chi connectivity index (χ0) is 14.4. The molecule has 0 aliphatic carbocycles. The van der Waals surface area contributed by atoms with Gasteiger partial charge in [-0.1, -0.05) is 19.9 Å². The molecule has 4 nitrogen and oxygen atoms in total. The third-order valence-corrected chi connectivity index (χ3v) is 2.82. The summed E-state index contributed by atoms with van der Waals surface area (Å²) in [4.78, 5) is 14.1. The van der Waals surface area contributed by atoms with E-state index in [0.717, 1.165) is 5.56 Å². The Morgan fingerprint density at radius 2 is 2.11 bits per heavy atom. The second kappa shape index (κ2) is 7.14. The van der Waals surface area contributed by atoms with Crippen LogP contribution in [0.4, 0.5) is 0 Å². The quantitative estimate of drug-likeness (QED) is 0.859. The molecular formula is C15H23NO3. The van der Waals surface area contributed by atoms with Crippen molar-refractivity contribution in [2.24, 2.45) is 5.92 Å². The van der Waals surface area contributed by atoms with E-state index in [2.05, 4.69) is 13.8 Å². The molecule has 0 aromatic heterocycles. The highest BCUT2D eigenvalue weighted by molar-refractivity contribution is 5.96. The molecule has 0 atom stereocenters. The highest BCUT2D eigenvalue weighted by atomic mass is 16.5. The third-order valence-electron chi connectivity index (χ3n) is 2.82. The summed E-state index contributed by atoms with van der Waals surface area (Å²) in [5, 5.41) is 9.89. The van der Waals surface area contributed by atoms with Crippen molar-refractivity contribution >= 4 is 5.91 Å². The van der Waals surface area contributed by atoms with Gasteiger partial charge >= 0.3 is 0 Å². The minimum Gasteiger partial charge on any atom is -0.507 e. The van der Waals surface area contributed by atoms with Crippen LogP contribution in [-0.2, 0) is 4.74 Å². The Bertz CT molecular complexity index is 429. The van der Waals surface area contributed by atoms with E-state index in [1.807, 2.05) is 13.0 Å². The molecule has 0 spiro atoms. The summed E-state index contributed by atoms with van der Waals surface area (Å²) in [6.45, 7) is 7.66. The summed E-state index contributed by atoms with van der Waals surface area (Å²) in [5.74, 6) is 0.257. The van der Waals surface area contributed by atoms with Crippen LogP contribution in [0.3, 0.4) is 0 Å². The van der Waals surface area contributed by atoms with Gasteiger partial charge in [0, 0.05) is 20.2 Å². The van der Waals surface area contributed by atoms with Crippen LogP contribution in [0.2, 0.25) is 0 Å². The number of carbonyl (C=O) groups is 1. The SMILES string of the molecule is COCCN(CC(C)C)C(=O)c1ccc(C)cc1O. The molecule has 0 unspecified atom stereocenters. The summed E-state index contributed by atoms with van der Waals surface area (Å²) >= 11 is 0. The minimum atomic E-state index is -0.150. The van der Waals surface area contributed by atoms with Crippen molar-refractivity contribution in [3.63, 3.8) is 0 Å². The Morgan fingerprint density at radius 1 is 1.42 bits per heavy atom. The molecule has 0 saturated carbocycles. The Balaban J connectivity index is 2.90. The molecule has 1 amide bonds. The van der Waals surface area contributed by atoms with Crippen molar-refractivity contribution in [3.8, 4) is 5.75 Å². The maximum atomic E-state index is 12.4. The Morgan fingerprint density at radius 3 is 2.63 bits per heavy atom. The van der Waals surface area contributed by atoms with Crippen LogP contribution in [0.5, 0.6) is 5.75 Å². The second-order valence-electron chi connectivity index (χ2n) is 5.16. The molecule has 0 aliphatic rings. The number of rotatable bonds is 6. The first-order valence-electron chi connectivity index (χ1n) is 6.53. The van der Waals surface area contributed by atoms with Crippen LogP contribution < -0.4 is 0 Å². The van der Waals surface area contributed by atoms with Gasteiger partial charge in [0.15, 0.2) is 0 Å². The summed E-state index contributed by atoms with van der Waals surface area (Å²) in [6, 6.07) is 5.11. The molecule has 1 N–H and O–H groups in total. The molecule has 0 heterocycles. The van der Waals surface area contributed by atoms with E-state index in [9.17, 15) is 9.90 Å². The van der Waals surface area contributed by atoms with E-state index in [1.165, 1.54) is 0 Å². The standard InChI is InChI=1S/C15H23NO3/c1-11(2)10-16(7-8-19-4)15(18)13-6-5-12(3)9-14(13)17/h5-6,9,11,17H,7-8,10H2,1-4H3. The number of benzene rings is 1. The first kappa shape index (κ1) is 15.5. The fraction of sp³-hybridized carbons (Fsp3) is 0.533. The van der Waals surface area contributed by atoms with E-state index in [1.54, 1.807) is 24.1 Å². The molecule has 4 heteroatoms. The fourth-order valence-electron chi connectivity index (χ4n) is 1.91. The predicted octanol–water partition coefficient (Wildman–Crippen LogP) is 2.45. The van der Waals surface area contributed by atoms with Gasteiger partial charge < -0.3 is 14.7 Å². The van der Waals surface area contributed by atoms with Gasteiger partial charge in [-0.15, -0.1) is 0 Å². The maximum Gasteiger partial charge on any atom is 0.257 e. The predicted molar refractivity (Wildman–Crippen MR) is 75.5 cm³/mol. The lowest BCUT2D eigenvalue weighted by Crippen LogP contribution is -2.36. The highest BCUT2D eigenvalue weighted by Gasteiger charge is 2.19. The maximum absolute atomic E-state index is 12.4. The van der Waals surface area contributed by atoms with E-state index in [-0.39, 0.29) is 11.7 Å². The number of hydrogen-bond acceptors (Lipinski definition) is 3. The molecule has 1 aromatic rings. The van der Waals surface area contributed by atoms with Crippen LogP contribution in [0, 0.1) is 12.8 Å². The third kappa shape index (κ3) is 4.56. The number of nitrogens with zero attached hydrogens (tertiary/aromatic N) is 1. The summed E-state index contributed by atoms with van der Waals surface area (Å²) in [6.07, 6.45) is 0. The van der Waals surface area contributed by atoms with Crippen LogP contribution in [0.15, 0.2) is 18.2 Å². The Hall–Kier alpha value is -1.55. The van der Waals surface area contributed by atoms with E-state index in [4.69, 9.17) is 4.74 Å². The lowest BCUT2D eigenvalue weighted by molar-refractivity contribution is 0.0669. The highest BCUT2D eigenvalue weighted by Crippen LogP contribution is 2.20. The summed E-state index contributed by atoms with van der Waals surface area (Å²) < 4.78 is 5.03. The normalized spacial score (nSPS) is 10.8. The number of hydrogen-bond donors (Lipinski definition) is 1. The van der Waals surface area contributed by atoms with Gasteiger partial charge in [0.25, 0.3) is 5.91 Å². The van der Waals surface area contributed by atoms with E-state index < -0.39 is 0 Å². The summed E-state index contributed by atoms with van der Waals surface area (Å²) in [5.41, 5.74) is 1.28. The number of methoxy groups -OCH3 is 1. The zero-order valence-electron chi connectivity index (χ0n) is 12.1. The molecule has 106 valence electrons. The van der Waals surface area contributed by atoms with Crippen LogP contribution in [-0.4, -0.2) is 42.7 Å². The van der Waals surface area contributed by atoms with E-state index >= 15 is 0 Å². The monoisotopic (exact) mass is 265 g/mol. The summed E-state index contributed by atoms with van der Waals surface area (Å²) in [7, 11) is 1.61. The first-order valence-corrected chi connectivity index (χ1v) is 6.53. The molecule has 0 aliphatic heterocycles. The van der Waals surface area contributed by atoms with Crippen molar-refractivity contribution in [1.82, 2.24) is 4.90 Å². The molecular weight excluding hydrogens is 242 g/mol. The van der Waals surface area contributed by atoms with Crippen molar-refractivity contribution < 1.29 is 14.6 Å². The van der Waals surface area contributed by atoms with Gasteiger partial charge in [0.1, 0.15) is 5.75 Å². The molecule has 1 rings (SSSR count). The van der Waals surface area contributed by atoms with Crippen molar-refractivity contribution in [1.29, 1.82) is 0 Å². The Kier molecular flexibility index (Phi) is 5.83. The smallest absolute Gasteiger partial charge is 0.257 e. The minimum absolute atomic E-state index is 0.0381. The average Bonchev–Trinajstić information content (AvgIpc) is 2.33. The van der Waals surface area contributed by atoms with Gasteiger partial charge in [-0.3, -0.25) is 4.79 Å². The first-order chi connectivity index (χ1) is 8.95. The van der Waals surface area contributed by atoms with Crippen molar-refractivity contribution in [3.05, 3.63) is 29.3 Å². The number of carbonyl (C=O) groups excluding carboxylic acids is 1. The largest absolute Gasteiger partial charge is 0.507 e. The van der Waals surface area contributed by atoms with Crippen LogP contribution in [0.25, 0.3) is 0 Å². The molecule has 0 radical (unpaired) electrons. The number of aromatic hydroxyl groups is 1. The van der Waals surface area contributed by atoms with Crippen LogP contribution >= 0.6 is 0 Å². The van der Waals surface area contributed by atoms with Gasteiger partial charge in [0.2, 0.25) is 0 Å². The molecule has 0 fully saturated rings. The number of aryl methyl sites for hydroxylation is 1. The van der Waals surface area contributed by atoms with Gasteiger partial charge in [-0.2, -0.15) is 0 Å². The van der Waals surface area contributed by atoms with Crippen molar-refractivity contribution in [2.45, 2.75) is 20.8 Å². The molecule has 0 bridgehead atoms. The fourth-order valence-corrected chi connectivity index (χ4v) is 1.91. The number of ether oxygens (including phenoxy) is 1. The zero-order valence-corrected chi connectivity index (χ0v) is 12.1. The number of phenolic OH excluding ortho intramolecular Hbond substituents is 1. The average molecular weight is 265 g/mol. The van der Waals surface area contributed by atoms with Gasteiger partial charge in [-0.05, 0) is 30.5 Å². The van der Waals surface area contributed by atoms with Crippen LogP contribution in [0.1, 0.15) is 29.8 Å². The topological polar surface area (TPSA) is 49.8 Å². The molecule has 0 saturated heterocycles.